The summed E-state index contributed by atoms with van der Waals surface area (Å²) >= 11 is 0.837. The second-order valence-corrected chi connectivity index (χ2v) is 6.57. The summed E-state index contributed by atoms with van der Waals surface area (Å²) in [5.41, 5.74) is 0. The first-order chi connectivity index (χ1) is 8.73. The fourth-order valence-corrected chi connectivity index (χ4v) is 2.60. The van der Waals surface area contributed by atoms with E-state index in [9.17, 15) is 21.6 Å². The van der Waals surface area contributed by atoms with Gasteiger partial charge in [0.1, 0.15) is 5.01 Å². The fourth-order valence-electron chi connectivity index (χ4n) is 1.18. The Morgan fingerprint density at radius 3 is 2.63 bits per heavy atom. The molecule has 0 aromatic carbocycles. The van der Waals surface area contributed by atoms with Gasteiger partial charge in [-0.15, -0.1) is 10.2 Å². The van der Waals surface area contributed by atoms with E-state index in [-0.39, 0.29) is 22.3 Å². The number of hydrogen-bond acceptors (Lipinski definition) is 6. The number of sulfonamides is 1. The van der Waals surface area contributed by atoms with Gasteiger partial charge in [0.2, 0.25) is 15.0 Å². The predicted octanol–water partition coefficient (Wildman–Crippen LogP) is 0.644. The van der Waals surface area contributed by atoms with Crippen LogP contribution in [0.5, 0.6) is 0 Å². The summed E-state index contributed by atoms with van der Waals surface area (Å²) in [6.45, 7) is 1.27. The third-order valence-electron chi connectivity index (χ3n) is 2.11. The lowest BCUT2D eigenvalue weighted by Crippen LogP contribution is -2.24. The molecular formula is C7H8F3N5O2S2. The van der Waals surface area contributed by atoms with Gasteiger partial charge in [-0.05, 0) is 6.92 Å². The lowest BCUT2D eigenvalue weighted by atomic mass is 10.6. The Morgan fingerprint density at radius 2 is 2.05 bits per heavy atom. The maximum atomic E-state index is 12.5. The van der Waals surface area contributed by atoms with E-state index in [0.717, 1.165) is 11.3 Å². The minimum absolute atomic E-state index is 0.0435. The molecule has 0 bridgehead atoms. The van der Waals surface area contributed by atoms with Gasteiger partial charge >= 0.3 is 6.18 Å². The van der Waals surface area contributed by atoms with Gasteiger partial charge in [0.15, 0.2) is 0 Å². The number of rotatable bonds is 4. The number of halogens is 3. The highest BCUT2D eigenvalue weighted by molar-refractivity contribution is 7.89. The first-order valence-corrected chi connectivity index (χ1v) is 7.45. The molecule has 12 heteroatoms. The Kier molecular flexibility index (Phi) is 3.49. The van der Waals surface area contributed by atoms with Crippen molar-refractivity contribution < 1.29 is 21.6 Å². The summed E-state index contributed by atoms with van der Waals surface area (Å²) < 4.78 is 62.7. The lowest BCUT2D eigenvalue weighted by molar-refractivity contribution is -0.146. The Hall–Kier alpha value is -1.27. The molecule has 0 saturated heterocycles. The Morgan fingerprint density at radius 1 is 1.37 bits per heavy atom. The standard InChI is InChI=1S/C7H8F3N5O2S2/c1-2-19(16,17)11-3-4-14-15-5(7(8,9)10)12-13-6(15)18-4/h11H,2-3H2,1H3. The van der Waals surface area contributed by atoms with Crippen LogP contribution in [0.25, 0.3) is 4.96 Å². The van der Waals surface area contributed by atoms with Gasteiger partial charge in [-0.1, -0.05) is 11.3 Å². The van der Waals surface area contributed by atoms with Gasteiger partial charge < -0.3 is 0 Å². The largest absolute Gasteiger partial charge is 0.453 e. The van der Waals surface area contributed by atoms with E-state index in [4.69, 9.17) is 0 Å². The van der Waals surface area contributed by atoms with E-state index in [1.165, 1.54) is 6.92 Å². The van der Waals surface area contributed by atoms with Crippen LogP contribution >= 0.6 is 11.3 Å². The zero-order chi connectivity index (χ0) is 14.3. The molecule has 0 amide bonds. The molecule has 0 unspecified atom stereocenters. The quantitative estimate of drug-likeness (QED) is 0.894. The summed E-state index contributed by atoms with van der Waals surface area (Å²) in [4.78, 5) is -0.0435. The van der Waals surface area contributed by atoms with Crippen LogP contribution in [-0.4, -0.2) is 34.0 Å². The van der Waals surface area contributed by atoms with Crippen molar-refractivity contribution in [1.29, 1.82) is 0 Å². The fraction of sp³-hybridized carbons (Fsp3) is 0.571. The Labute approximate surface area is 109 Å². The van der Waals surface area contributed by atoms with Crippen LogP contribution in [-0.2, 0) is 22.7 Å². The molecule has 106 valence electrons. The third kappa shape index (κ3) is 3.01. The van der Waals surface area contributed by atoms with Crippen molar-refractivity contribution in [3.8, 4) is 0 Å². The molecule has 0 spiro atoms. The summed E-state index contributed by atoms with van der Waals surface area (Å²) in [5.74, 6) is -1.35. The maximum absolute atomic E-state index is 12.5. The van der Waals surface area contributed by atoms with E-state index >= 15 is 0 Å². The first kappa shape index (κ1) is 14.1. The van der Waals surface area contributed by atoms with Gasteiger partial charge in [0, 0.05) is 0 Å². The van der Waals surface area contributed by atoms with E-state index in [1.54, 1.807) is 0 Å². The van der Waals surface area contributed by atoms with Crippen molar-refractivity contribution in [1.82, 2.24) is 24.5 Å². The van der Waals surface area contributed by atoms with Crippen LogP contribution in [0.2, 0.25) is 0 Å². The summed E-state index contributed by atoms with van der Waals surface area (Å²) in [5, 5.41) is 10.1. The second-order valence-electron chi connectivity index (χ2n) is 3.44. The predicted molar refractivity (Wildman–Crippen MR) is 60.0 cm³/mol. The molecule has 1 N–H and O–H groups in total. The van der Waals surface area contributed by atoms with Crippen LogP contribution in [0.4, 0.5) is 13.2 Å². The van der Waals surface area contributed by atoms with Crippen molar-refractivity contribution in [2.45, 2.75) is 19.6 Å². The van der Waals surface area contributed by atoms with Crippen LogP contribution in [0.3, 0.4) is 0 Å². The molecular weight excluding hydrogens is 307 g/mol. The normalized spacial score (nSPS) is 13.3. The van der Waals surface area contributed by atoms with Gasteiger partial charge in [0.05, 0.1) is 12.3 Å². The lowest BCUT2D eigenvalue weighted by Gasteiger charge is -2.01. The Bertz CT molecular complexity index is 689. The number of nitrogens with zero attached hydrogens (tertiary/aromatic N) is 4. The maximum Gasteiger partial charge on any atom is 0.453 e. The molecule has 0 fully saturated rings. The molecule has 0 atom stereocenters. The average molecular weight is 315 g/mol. The van der Waals surface area contributed by atoms with Crippen molar-refractivity contribution in [3.63, 3.8) is 0 Å². The molecule has 0 saturated carbocycles. The molecule has 0 aliphatic carbocycles. The van der Waals surface area contributed by atoms with Crippen LogP contribution in [0, 0.1) is 0 Å². The van der Waals surface area contributed by atoms with E-state index in [0.29, 0.717) is 4.52 Å². The minimum atomic E-state index is -4.66. The molecule has 0 aliphatic rings. The second kappa shape index (κ2) is 4.68. The number of fused-ring (bicyclic) bond motifs is 1. The molecule has 7 nitrogen and oxygen atoms in total. The summed E-state index contributed by atoms with van der Waals surface area (Å²) in [6, 6.07) is 0. The monoisotopic (exact) mass is 315 g/mol. The zero-order valence-corrected chi connectivity index (χ0v) is 11.1. The third-order valence-corrected chi connectivity index (χ3v) is 4.35. The molecule has 2 aromatic heterocycles. The SMILES string of the molecule is CCS(=O)(=O)NCc1nn2c(C(F)(F)F)nnc2s1. The van der Waals surface area contributed by atoms with Crippen molar-refractivity contribution in [2.75, 3.05) is 5.75 Å². The van der Waals surface area contributed by atoms with Crippen molar-refractivity contribution >= 4 is 26.3 Å². The summed E-state index contributed by atoms with van der Waals surface area (Å²) in [6.07, 6.45) is -4.66. The number of aromatic nitrogens is 4. The van der Waals surface area contributed by atoms with Gasteiger partial charge in [-0.25, -0.2) is 13.1 Å². The average Bonchev–Trinajstić information content (AvgIpc) is 2.83. The molecule has 0 aliphatic heterocycles. The molecule has 19 heavy (non-hydrogen) atoms. The van der Waals surface area contributed by atoms with Crippen LogP contribution in [0.1, 0.15) is 17.8 Å². The van der Waals surface area contributed by atoms with E-state index in [1.807, 2.05) is 0 Å². The topological polar surface area (TPSA) is 89.2 Å². The minimum Gasteiger partial charge on any atom is -0.212 e. The highest BCUT2D eigenvalue weighted by atomic mass is 32.2. The summed E-state index contributed by atoms with van der Waals surface area (Å²) in [7, 11) is -3.43. The first-order valence-electron chi connectivity index (χ1n) is 4.98. The van der Waals surface area contributed by atoms with E-state index in [2.05, 4.69) is 20.0 Å². The van der Waals surface area contributed by atoms with Gasteiger partial charge in [-0.3, -0.25) is 0 Å². The molecule has 2 heterocycles. The number of alkyl halides is 3. The zero-order valence-electron chi connectivity index (χ0n) is 9.47. The molecule has 2 aromatic rings. The highest BCUT2D eigenvalue weighted by Crippen LogP contribution is 2.28. The smallest absolute Gasteiger partial charge is 0.212 e. The van der Waals surface area contributed by atoms with Crippen molar-refractivity contribution in [2.24, 2.45) is 0 Å². The number of hydrogen-bond donors (Lipinski definition) is 1. The molecule has 2 rings (SSSR count). The van der Waals surface area contributed by atoms with Gasteiger partial charge in [0.25, 0.3) is 5.82 Å². The molecule has 0 radical (unpaired) electrons. The Balaban J connectivity index is 2.26. The van der Waals surface area contributed by atoms with Gasteiger partial charge in [-0.2, -0.15) is 22.8 Å². The van der Waals surface area contributed by atoms with E-state index < -0.39 is 22.0 Å². The highest BCUT2D eigenvalue weighted by Gasteiger charge is 2.38. The van der Waals surface area contributed by atoms with Crippen LogP contribution < -0.4 is 4.72 Å². The van der Waals surface area contributed by atoms with Crippen molar-refractivity contribution in [3.05, 3.63) is 10.8 Å². The van der Waals surface area contributed by atoms with Crippen LogP contribution in [0.15, 0.2) is 0 Å². The number of nitrogens with one attached hydrogen (secondary N) is 1.